The van der Waals surface area contributed by atoms with E-state index in [-0.39, 0.29) is 22.6 Å². The van der Waals surface area contributed by atoms with E-state index >= 15 is 0 Å². The largest absolute Gasteiger partial charge is 0.508 e. The predicted molar refractivity (Wildman–Crippen MR) is 104 cm³/mol. The Labute approximate surface area is 176 Å². The number of aromatic hydroxyl groups is 3. The van der Waals surface area contributed by atoms with Crippen molar-refractivity contribution in [1.29, 1.82) is 0 Å². The molecule has 0 bridgehead atoms. The molecule has 0 radical (unpaired) electrons. The third-order valence-electron chi connectivity index (χ3n) is 4.75. The summed E-state index contributed by atoms with van der Waals surface area (Å²) < 4.78 is 16.0. The number of ketones is 1. The van der Waals surface area contributed by atoms with Gasteiger partial charge in [0.1, 0.15) is 34.7 Å². The highest BCUT2D eigenvalue weighted by Gasteiger charge is 2.46. The van der Waals surface area contributed by atoms with Crippen molar-refractivity contribution in [2.24, 2.45) is 0 Å². The number of phenolic OH excluding ortho intramolecular Hbond substituents is 3. The van der Waals surface area contributed by atoms with Gasteiger partial charge in [-0.15, -0.1) is 0 Å². The van der Waals surface area contributed by atoms with Gasteiger partial charge in [0.05, 0.1) is 6.10 Å². The van der Waals surface area contributed by atoms with E-state index in [1.165, 1.54) is 31.2 Å². The first-order valence-electron chi connectivity index (χ1n) is 9.33. The fourth-order valence-corrected chi connectivity index (χ4v) is 3.22. The highest BCUT2D eigenvalue weighted by Crippen LogP contribution is 2.37. The number of phenols is 3. The molecule has 0 aliphatic carbocycles. The molecule has 0 aromatic heterocycles. The van der Waals surface area contributed by atoms with Crippen molar-refractivity contribution in [3.63, 3.8) is 0 Å². The van der Waals surface area contributed by atoms with Gasteiger partial charge in [0.15, 0.2) is 12.2 Å². The lowest BCUT2D eigenvalue weighted by Crippen LogP contribution is -2.59. The molecule has 1 heterocycles. The van der Waals surface area contributed by atoms with Crippen LogP contribution in [0.5, 0.6) is 23.0 Å². The number of rotatable bonds is 5. The minimum atomic E-state index is -1.64. The zero-order valence-electron chi connectivity index (χ0n) is 16.6. The molecule has 10 heteroatoms. The Morgan fingerprint density at radius 3 is 2.23 bits per heavy atom. The molecule has 10 nitrogen and oxygen atoms in total. The predicted octanol–water partition coefficient (Wildman–Crippen LogP) is 0.811. The Morgan fingerprint density at radius 1 is 0.968 bits per heavy atom. The van der Waals surface area contributed by atoms with Gasteiger partial charge in [-0.25, -0.2) is 0 Å². The molecule has 5 N–H and O–H groups in total. The first-order valence-corrected chi connectivity index (χ1v) is 9.33. The second-order valence-electron chi connectivity index (χ2n) is 7.10. The molecule has 1 aliphatic rings. The van der Waals surface area contributed by atoms with Gasteiger partial charge < -0.3 is 39.7 Å². The number of hydrogen-bond acceptors (Lipinski definition) is 10. The van der Waals surface area contributed by atoms with Crippen LogP contribution in [0.2, 0.25) is 0 Å². The zero-order valence-corrected chi connectivity index (χ0v) is 16.6. The number of aliphatic hydroxyl groups excluding tert-OH is 2. The second-order valence-corrected chi connectivity index (χ2v) is 7.10. The topological polar surface area (TPSA) is 163 Å². The highest BCUT2D eigenvalue weighted by atomic mass is 16.7. The fourth-order valence-electron chi connectivity index (χ4n) is 3.22. The number of esters is 1. The van der Waals surface area contributed by atoms with E-state index in [0.29, 0.717) is 0 Å². The summed E-state index contributed by atoms with van der Waals surface area (Å²) in [4.78, 5) is 24.3. The quantitative estimate of drug-likeness (QED) is 0.336. The van der Waals surface area contributed by atoms with E-state index in [0.717, 1.165) is 19.1 Å². The maximum absolute atomic E-state index is 12.9. The summed E-state index contributed by atoms with van der Waals surface area (Å²) in [5.74, 6) is -2.83. The van der Waals surface area contributed by atoms with Gasteiger partial charge in [0.25, 0.3) is 0 Å². The zero-order chi connectivity index (χ0) is 22.9. The molecule has 31 heavy (non-hydrogen) atoms. The van der Waals surface area contributed by atoms with Crippen molar-refractivity contribution in [3.05, 3.63) is 47.5 Å². The lowest BCUT2D eigenvalue weighted by Gasteiger charge is -2.40. The van der Waals surface area contributed by atoms with Crippen molar-refractivity contribution in [2.75, 3.05) is 0 Å². The Kier molecular flexibility index (Phi) is 6.34. The van der Waals surface area contributed by atoms with E-state index in [1.54, 1.807) is 0 Å². The molecule has 0 saturated carbocycles. The number of benzene rings is 2. The molecular weight excluding hydrogens is 412 g/mol. The maximum atomic E-state index is 12.9. The average molecular weight is 434 g/mol. The SMILES string of the molecule is CC(=O)O[C@@H]1[C@@H](O)[C@H](C)O[C@@H](Oc2cc(O)cc(O)c2C(=O)c2ccc(O)cc2)[C@@H]1O. The van der Waals surface area contributed by atoms with Crippen LogP contribution in [0.3, 0.4) is 0 Å². The van der Waals surface area contributed by atoms with Crippen LogP contribution in [0.4, 0.5) is 0 Å². The Hall–Kier alpha value is -3.34. The first-order chi connectivity index (χ1) is 14.6. The molecule has 2 aromatic rings. The van der Waals surface area contributed by atoms with Gasteiger partial charge in [-0.05, 0) is 31.2 Å². The van der Waals surface area contributed by atoms with E-state index in [1.807, 2.05) is 0 Å². The summed E-state index contributed by atoms with van der Waals surface area (Å²) in [6, 6.07) is 7.20. The van der Waals surface area contributed by atoms with E-state index < -0.39 is 54.0 Å². The van der Waals surface area contributed by atoms with Crippen molar-refractivity contribution in [2.45, 2.75) is 44.6 Å². The molecule has 5 atom stereocenters. The van der Waals surface area contributed by atoms with Gasteiger partial charge in [-0.1, -0.05) is 0 Å². The first kappa shape index (κ1) is 22.3. The van der Waals surface area contributed by atoms with Gasteiger partial charge in [-0.2, -0.15) is 0 Å². The van der Waals surface area contributed by atoms with Crippen LogP contribution in [0.25, 0.3) is 0 Å². The molecule has 0 spiro atoms. The minimum absolute atomic E-state index is 0.0641. The van der Waals surface area contributed by atoms with Crippen LogP contribution in [-0.4, -0.2) is 68.0 Å². The molecule has 1 aliphatic heterocycles. The third kappa shape index (κ3) is 4.71. The molecule has 166 valence electrons. The van der Waals surface area contributed by atoms with Crippen molar-refractivity contribution in [1.82, 2.24) is 0 Å². The summed E-state index contributed by atoms with van der Waals surface area (Å²) in [5.41, 5.74) is -0.225. The summed E-state index contributed by atoms with van der Waals surface area (Å²) >= 11 is 0. The smallest absolute Gasteiger partial charge is 0.303 e. The van der Waals surface area contributed by atoms with E-state index in [2.05, 4.69) is 0 Å². The summed E-state index contributed by atoms with van der Waals surface area (Å²) in [7, 11) is 0. The molecule has 1 fully saturated rings. The van der Waals surface area contributed by atoms with E-state index in [4.69, 9.17) is 14.2 Å². The van der Waals surface area contributed by atoms with Crippen LogP contribution in [0.15, 0.2) is 36.4 Å². The normalized spacial score (nSPS) is 25.6. The number of carbonyl (C=O) groups is 2. The third-order valence-corrected chi connectivity index (χ3v) is 4.75. The van der Waals surface area contributed by atoms with Crippen LogP contribution in [0, 0.1) is 0 Å². The molecular formula is C21H22O10. The number of hydrogen-bond donors (Lipinski definition) is 5. The van der Waals surface area contributed by atoms with Crippen LogP contribution < -0.4 is 4.74 Å². The fraction of sp³-hybridized carbons (Fsp3) is 0.333. The summed E-state index contributed by atoms with van der Waals surface area (Å²) in [6.07, 6.45) is -6.77. The Bertz CT molecular complexity index is 971. The minimum Gasteiger partial charge on any atom is -0.508 e. The lowest BCUT2D eigenvalue weighted by molar-refractivity contribution is -0.272. The molecule has 0 unspecified atom stereocenters. The number of aliphatic hydroxyl groups is 2. The van der Waals surface area contributed by atoms with Crippen molar-refractivity contribution < 1.29 is 49.3 Å². The van der Waals surface area contributed by atoms with Crippen molar-refractivity contribution >= 4 is 11.8 Å². The van der Waals surface area contributed by atoms with Gasteiger partial charge in [0, 0.05) is 24.6 Å². The monoisotopic (exact) mass is 434 g/mol. The molecule has 3 rings (SSSR count). The molecule has 2 aromatic carbocycles. The highest BCUT2D eigenvalue weighted by molar-refractivity contribution is 6.12. The standard InChI is InChI=1S/C21H22O10/c1-9-17(26)20(30-10(2)22)19(28)21(29-9)31-15-8-13(24)7-14(25)16(15)18(27)11-3-5-12(23)6-4-11/h3-9,17,19-21,23-26,28H,1-2H3/t9-,17-,19+,20+,21-/m0/s1. The van der Waals surface area contributed by atoms with Crippen molar-refractivity contribution in [3.8, 4) is 23.0 Å². The average Bonchev–Trinajstić information content (AvgIpc) is 2.69. The Balaban J connectivity index is 1.96. The summed E-state index contributed by atoms with van der Waals surface area (Å²) in [5, 5.41) is 50.3. The lowest BCUT2D eigenvalue weighted by atomic mass is 9.99. The summed E-state index contributed by atoms with van der Waals surface area (Å²) in [6.45, 7) is 2.57. The molecule has 1 saturated heterocycles. The van der Waals surface area contributed by atoms with Gasteiger partial charge >= 0.3 is 5.97 Å². The van der Waals surface area contributed by atoms with Crippen LogP contribution in [0.1, 0.15) is 29.8 Å². The van der Waals surface area contributed by atoms with Gasteiger partial charge in [-0.3, -0.25) is 9.59 Å². The van der Waals surface area contributed by atoms with E-state index in [9.17, 15) is 35.1 Å². The maximum Gasteiger partial charge on any atom is 0.303 e. The number of ether oxygens (including phenoxy) is 3. The van der Waals surface area contributed by atoms with Gasteiger partial charge in [0.2, 0.25) is 12.1 Å². The Morgan fingerprint density at radius 2 is 1.61 bits per heavy atom. The second kappa shape index (κ2) is 8.80. The molecule has 0 amide bonds. The van der Waals surface area contributed by atoms with Crippen LogP contribution >= 0.6 is 0 Å². The number of carbonyl (C=O) groups excluding carboxylic acids is 2. The van der Waals surface area contributed by atoms with Crippen LogP contribution in [-0.2, 0) is 14.3 Å².